The van der Waals surface area contributed by atoms with Gasteiger partial charge >= 0.3 is 0 Å². The van der Waals surface area contributed by atoms with E-state index >= 15 is 0 Å². The molecule has 0 spiro atoms. The molecule has 3 aromatic carbocycles. The van der Waals surface area contributed by atoms with Crippen LogP contribution in [0.1, 0.15) is 15.9 Å². The number of nitrogens with one attached hydrogen (secondary N) is 2. The van der Waals surface area contributed by atoms with Crippen molar-refractivity contribution in [1.82, 2.24) is 5.32 Å². The molecule has 0 aliphatic rings. The van der Waals surface area contributed by atoms with Gasteiger partial charge in [0.05, 0.1) is 10.7 Å². The molecule has 6 heteroatoms. The van der Waals surface area contributed by atoms with Crippen LogP contribution in [0.5, 0.6) is 0 Å². The topological polar surface area (TPSA) is 58.2 Å². The molecule has 3 aromatic rings. The molecule has 0 bridgehead atoms. The van der Waals surface area contributed by atoms with Crippen molar-refractivity contribution in [3.05, 3.63) is 106 Å². The molecule has 0 atom stereocenters. The normalized spacial score (nSPS) is 11.0. The van der Waals surface area contributed by atoms with Gasteiger partial charge < -0.3 is 10.6 Å². The van der Waals surface area contributed by atoms with Gasteiger partial charge in [0.1, 0.15) is 5.70 Å². The second-order valence-electron chi connectivity index (χ2n) is 5.86. The Morgan fingerprint density at radius 3 is 2.11 bits per heavy atom. The number of benzene rings is 3. The van der Waals surface area contributed by atoms with Gasteiger partial charge in [0.2, 0.25) is 0 Å². The average molecular weight is 411 g/mol. The van der Waals surface area contributed by atoms with E-state index < -0.39 is 11.8 Å². The molecule has 4 nitrogen and oxygen atoms in total. The van der Waals surface area contributed by atoms with Crippen LogP contribution in [0.2, 0.25) is 10.0 Å². The second kappa shape index (κ2) is 9.22. The van der Waals surface area contributed by atoms with E-state index in [1.807, 2.05) is 6.07 Å². The number of amides is 2. The van der Waals surface area contributed by atoms with E-state index in [1.54, 1.807) is 78.9 Å². The Balaban J connectivity index is 1.89. The van der Waals surface area contributed by atoms with Crippen LogP contribution in [-0.4, -0.2) is 11.8 Å². The zero-order valence-corrected chi connectivity index (χ0v) is 16.2. The minimum absolute atomic E-state index is 0.0797. The summed E-state index contributed by atoms with van der Waals surface area (Å²) in [6.45, 7) is 0. The van der Waals surface area contributed by atoms with Crippen LogP contribution in [-0.2, 0) is 4.79 Å². The van der Waals surface area contributed by atoms with Crippen molar-refractivity contribution in [1.29, 1.82) is 0 Å². The Morgan fingerprint density at radius 2 is 1.43 bits per heavy atom. The molecule has 140 valence electrons. The van der Waals surface area contributed by atoms with Crippen LogP contribution in [0.4, 0.5) is 5.69 Å². The average Bonchev–Trinajstić information content (AvgIpc) is 2.71. The molecule has 28 heavy (non-hydrogen) atoms. The molecule has 0 radical (unpaired) electrons. The number of carbonyl (C=O) groups is 2. The summed E-state index contributed by atoms with van der Waals surface area (Å²) < 4.78 is 0. The van der Waals surface area contributed by atoms with E-state index in [4.69, 9.17) is 23.2 Å². The largest absolute Gasteiger partial charge is 0.319 e. The number of carbonyl (C=O) groups excluding carboxylic acids is 2. The highest BCUT2D eigenvalue weighted by Gasteiger charge is 2.15. The fourth-order valence-electron chi connectivity index (χ4n) is 2.42. The van der Waals surface area contributed by atoms with Gasteiger partial charge in [0.25, 0.3) is 11.8 Å². The number of hydrogen-bond acceptors (Lipinski definition) is 2. The zero-order chi connectivity index (χ0) is 19.9. The highest BCUT2D eigenvalue weighted by atomic mass is 35.5. The molecule has 2 N–H and O–H groups in total. The Kier molecular flexibility index (Phi) is 6.48. The molecular weight excluding hydrogens is 395 g/mol. The molecule has 3 rings (SSSR count). The lowest BCUT2D eigenvalue weighted by molar-refractivity contribution is -0.113. The van der Waals surface area contributed by atoms with E-state index in [1.165, 1.54) is 0 Å². The SMILES string of the molecule is O=C(Nc1ccccc1Cl)C(=Cc1ccc(Cl)cc1)NC(=O)c1ccccc1. The van der Waals surface area contributed by atoms with Gasteiger partial charge in [-0.25, -0.2) is 0 Å². The Labute approximate surface area is 172 Å². The highest BCUT2D eigenvalue weighted by molar-refractivity contribution is 6.34. The fraction of sp³-hybridized carbons (Fsp3) is 0. The third kappa shape index (κ3) is 5.22. The van der Waals surface area contributed by atoms with E-state index in [0.717, 1.165) is 0 Å². The molecule has 0 saturated carbocycles. The monoisotopic (exact) mass is 410 g/mol. The molecule has 0 fully saturated rings. The van der Waals surface area contributed by atoms with E-state index in [9.17, 15) is 9.59 Å². The van der Waals surface area contributed by atoms with Gasteiger partial charge in [-0.05, 0) is 48.0 Å². The Bertz CT molecular complexity index is 1020. The van der Waals surface area contributed by atoms with Crippen LogP contribution in [0.3, 0.4) is 0 Å². The Morgan fingerprint density at radius 1 is 0.786 bits per heavy atom. The molecule has 0 aliphatic carbocycles. The smallest absolute Gasteiger partial charge is 0.272 e. The van der Waals surface area contributed by atoms with Crippen molar-refractivity contribution in [3.63, 3.8) is 0 Å². The maximum atomic E-state index is 12.8. The maximum Gasteiger partial charge on any atom is 0.272 e. The lowest BCUT2D eigenvalue weighted by Crippen LogP contribution is -2.30. The van der Waals surface area contributed by atoms with Gasteiger partial charge in [-0.3, -0.25) is 9.59 Å². The first kappa shape index (κ1) is 19.7. The van der Waals surface area contributed by atoms with E-state index in [2.05, 4.69) is 10.6 Å². The first-order valence-electron chi connectivity index (χ1n) is 8.42. The molecule has 0 unspecified atom stereocenters. The molecule has 0 saturated heterocycles. The number of para-hydroxylation sites is 1. The maximum absolute atomic E-state index is 12.8. The molecule has 0 aliphatic heterocycles. The standard InChI is InChI=1S/C22H16Cl2N2O2/c23-17-12-10-15(11-13-17)14-20(26-21(27)16-6-2-1-3-7-16)22(28)25-19-9-5-4-8-18(19)24/h1-14H,(H,25,28)(H,26,27). The van der Waals surface area contributed by atoms with Crippen LogP contribution < -0.4 is 10.6 Å². The van der Waals surface area contributed by atoms with Gasteiger partial charge in [0, 0.05) is 10.6 Å². The van der Waals surface area contributed by atoms with Crippen molar-refractivity contribution >= 4 is 46.8 Å². The minimum Gasteiger partial charge on any atom is -0.319 e. The molecule has 0 heterocycles. The van der Waals surface area contributed by atoms with Gasteiger partial charge in [-0.1, -0.05) is 65.7 Å². The fourth-order valence-corrected chi connectivity index (χ4v) is 2.73. The summed E-state index contributed by atoms with van der Waals surface area (Å²) in [5.41, 5.74) is 1.68. The van der Waals surface area contributed by atoms with Crippen LogP contribution >= 0.6 is 23.2 Å². The lowest BCUT2D eigenvalue weighted by atomic mass is 10.1. The summed E-state index contributed by atoms with van der Waals surface area (Å²) in [5, 5.41) is 6.36. The van der Waals surface area contributed by atoms with E-state index in [-0.39, 0.29) is 5.70 Å². The minimum atomic E-state index is -0.493. The van der Waals surface area contributed by atoms with Crippen molar-refractivity contribution in [2.45, 2.75) is 0 Å². The third-order valence-electron chi connectivity index (χ3n) is 3.83. The van der Waals surface area contributed by atoms with Crippen LogP contribution in [0, 0.1) is 0 Å². The lowest BCUT2D eigenvalue weighted by Gasteiger charge is -2.12. The second-order valence-corrected chi connectivity index (χ2v) is 6.71. The molecule has 0 aromatic heterocycles. The summed E-state index contributed by atoms with van der Waals surface area (Å²) in [7, 11) is 0. The summed E-state index contributed by atoms with van der Waals surface area (Å²) in [6, 6.07) is 22.4. The third-order valence-corrected chi connectivity index (χ3v) is 4.41. The number of halogens is 2. The predicted octanol–water partition coefficient (Wildman–Crippen LogP) is 5.40. The van der Waals surface area contributed by atoms with E-state index in [0.29, 0.717) is 26.9 Å². The predicted molar refractivity (Wildman–Crippen MR) is 113 cm³/mol. The van der Waals surface area contributed by atoms with Crippen molar-refractivity contribution in [2.75, 3.05) is 5.32 Å². The number of hydrogen-bond donors (Lipinski definition) is 2. The summed E-state index contributed by atoms with van der Waals surface area (Å²) >= 11 is 12.0. The van der Waals surface area contributed by atoms with Gasteiger partial charge in [-0.2, -0.15) is 0 Å². The van der Waals surface area contributed by atoms with Crippen LogP contribution in [0.25, 0.3) is 6.08 Å². The van der Waals surface area contributed by atoms with Crippen molar-refractivity contribution in [2.24, 2.45) is 0 Å². The van der Waals surface area contributed by atoms with Crippen LogP contribution in [0.15, 0.2) is 84.6 Å². The summed E-state index contributed by atoms with van der Waals surface area (Å²) in [5.74, 6) is -0.887. The molecular formula is C22H16Cl2N2O2. The quantitative estimate of drug-likeness (QED) is 0.552. The van der Waals surface area contributed by atoms with Crippen molar-refractivity contribution < 1.29 is 9.59 Å². The zero-order valence-electron chi connectivity index (χ0n) is 14.7. The van der Waals surface area contributed by atoms with Gasteiger partial charge in [-0.15, -0.1) is 0 Å². The summed E-state index contributed by atoms with van der Waals surface area (Å²) in [4.78, 5) is 25.4. The first-order valence-corrected chi connectivity index (χ1v) is 9.18. The van der Waals surface area contributed by atoms with Crippen molar-refractivity contribution in [3.8, 4) is 0 Å². The van der Waals surface area contributed by atoms with Gasteiger partial charge in [0.15, 0.2) is 0 Å². The summed E-state index contributed by atoms with van der Waals surface area (Å²) in [6.07, 6.45) is 1.57. The Hall–Kier alpha value is -3.08. The molecule has 2 amide bonds. The highest BCUT2D eigenvalue weighted by Crippen LogP contribution is 2.21. The number of anilines is 1. The number of rotatable bonds is 5. The first-order chi connectivity index (χ1) is 13.5.